The molecular formula is C27H19NO8. The number of methoxy groups -OCH3 is 1. The van der Waals surface area contributed by atoms with Crippen LogP contribution in [0.2, 0.25) is 0 Å². The van der Waals surface area contributed by atoms with Gasteiger partial charge in [-0.25, -0.2) is 9.59 Å². The van der Waals surface area contributed by atoms with Gasteiger partial charge in [-0.1, -0.05) is 12.1 Å². The van der Waals surface area contributed by atoms with Crippen molar-refractivity contribution in [2.75, 3.05) is 7.11 Å². The molecule has 0 aliphatic heterocycles. The molecule has 0 radical (unpaired) electrons. The normalized spacial score (nSPS) is 11.1. The Bertz CT molecular complexity index is 1750. The Hall–Kier alpha value is -4.92. The molecule has 0 saturated heterocycles. The number of rotatable bonds is 6. The highest BCUT2D eigenvalue weighted by Crippen LogP contribution is 2.34. The minimum absolute atomic E-state index is 0.00782. The molecule has 2 aromatic heterocycles. The summed E-state index contributed by atoms with van der Waals surface area (Å²) in [5.41, 5.74) is 1.25. The van der Waals surface area contributed by atoms with Gasteiger partial charge in [0.1, 0.15) is 17.9 Å². The Morgan fingerprint density at radius 1 is 0.889 bits per heavy atom. The Kier molecular flexibility index (Phi) is 5.73. The lowest BCUT2D eigenvalue weighted by Gasteiger charge is -2.13. The van der Waals surface area contributed by atoms with Crippen LogP contribution in [-0.2, 0) is 6.61 Å². The van der Waals surface area contributed by atoms with Crippen molar-refractivity contribution in [2.45, 2.75) is 13.5 Å². The fraction of sp³-hybridized carbons (Fsp3) is 0.111. The Morgan fingerprint density at radius 2 is 1.67 bits per heavy atom. The average Bonchev–Trinajstić information content (AvgIpc) is 2.87. The molecule has 3 aromatic carbocycles. The van der Waals surface area contributed by atoms with Crippen LogP contribution < -0.4 is 20.7 Å². The largest absolute Gasteiger partial charge is 0.493 e. The van der Waals surface area contributed by atoms with Gasteiger partial charge in [0.2, 0.25) is 0 Å². The molecule has 0 unspecified atom stereocenters. The number of ether oxygens (including phenoxy) is 2. The van der Waals surface area contributed by atoms with Crippen molar-refractivity contribution < 1.29 is 23.2 Å². The van der Waals surface area contributed by atoms with Crippen molar-refractivity contribution in [3.8, 4) is 22.6 Å². The fourth-order valence-electron chi connectivity index (χ4n) is 4.06. The molecule has 0 amide bonds. The van der Waals surface area contributed by atoms with E-state index in [0.29, 0.717) is 39.0 Å². The lowest BCUT2D eigenvalue weighted by Crippen LogP contribution is -2.07. The number of benzene rings is 3. The first-order valence-electron chi connectivity index (χ1n) is 10.9. The van der Waals surface area contributed by atoms with Gasteiger partial charge in [0.15, 0.2) is 11.3 Å². The van der Waals surface area contributed by atoms with Crippen LogP contribution in [0.3, 0.4) is 0 Å². The van der Waals surface area contributed by atoms with Gasteiger partial charge in [-0.2, -0.15) is 0 Å². The first kappa shape index (κ1) is 22.9. The number of aryl methyl sites for hydroxylation is 1. The third-order valence-corrected chi connectivity index (χ3v) is 5.89. The molecule has 0 bridgehead atoms. The summed E-state index contributed by atoms with van der Waals surface area (Å²) in [7, 11) is 1.49. The topological polar surface area (TPSA) is 122 Å². The molecule has 2 heterocycles. The number of hydrogen-bond acceptors (Lipinski definition) is 8. The zero-order chi connectivity index (χ0) is 25.4. The molecule has 5 rings (SSSR count). The summed E-state index contributed by atoms with van der Waals surface area (Å²) in [5, 5.41) is 12.0. The fourth-order valence-corrected chi connectivity index (χ4v) is 4.06. The summed E-state index contributed by atoms with van der Waals surface area (Å²) >= 11 is 0. The maximum absolute atomic E-state index is 12.9. The average molecular weight is 485 g/mol. The van der Waals surface area contributed by atoms with E-state index in [2.05, 4.69) is 0 Å². The lowest BCUT2D eigenvalue weighted by molar-refractivity contribution is -0.384. The van der Waals surface area contributed by atoms with Crippen LogP contribution in [0.5, 0.6) is 11.5 Å². The van der Waals surface area contributed by atoms with Gasteiger partial charge in [-0.3, -0.25) is 10.1 Å². The summed E-state index contributed by atoms with van der Waals surface area (Å²) in [5.74, 6) is 0.899. The number of para-hydroxylation sites is 1. The van der Waals surface area contributed by atoms with Gasteiger partial charge in [0, 0.05) is 40.1 Å². The Labute approximate surface area is 203 Å². The van der Waals surface area contributed by atoms with E-state index in [0.717, 1.165) is 5.56 Å². The molecule has 0 aliphatic rings. The van der Waals surface area contributed by atoms with Crippen LogP contribution in [0.4, 0.5) is 5.69 Å². The number of hydrogen-bond donors (Lipinski definition) is 0. The van der Waals surface area contributed by atoms with Gasteiger partial charge in [0.05, 0.1) is 17.6 Å². The monoisotopic (exact) mass is 485 g/mol. The van der Waals surface area contributed by atoms with Crippen molar-refractivity contribution in [2.24, 2.45) is 0 Å². The second kappa shape index (κ2) is 9.03. The molecule has 0 saturated carbocycles. The van der Waals surface area contributed by atoms with Crippen LogP contribution in [0.25, 0.3) is 33.1 Å². The van der Waals surface area contributed by atoms with E-state index in [4.69, 9.17) is 18.3 Å². The van der Waals surface area contributed by atoms with Crippen LogP contribution >= 0.6 is 0 Å². The van der Waals surface area contributed by atoms with Crippen LogP contribution in [-0.4, -0.2) is 12.0 Å². The van der Waals surface area contributed by atoms with Crippen molar-refractivity contribution >= 4 is 27.6 Å². The Morgan fingerprint density at radius 3 is 2.39 bits per heavy atom. The van der Waals surface area contributed by atoms with E-state index in [1.54, 1.807) is 55.5 Å². The summed E-state index contributed by atoms with van der Waals surface area (Å²) in [6.45, 7) is 1.90. The summed E-state index contributed by atoms with van der Waals surface area (Å²) in [6.07, 6.45) is 0. The molecular weight excluding hydrogens is 466 g/mol. The first-order chi connectivity index (χ1) is 17.4. The van der Waals surface area contributed by atoms with E-state index in [1.165, 1.54) is 25.3 Å². The minimum atomic E-state index is -0.627. The van der Waals surface area contributed by atoms with Gasteiger partial charge in [-0.05, 0) is 48.9 Å². The van der Waals surface area contributed by atoms with Crippen LogP contribution in [0.15, 0.2) is 85.2 Å². The zero-order valence-corrected chi connectivity index (χ0v) is 19.3. The van der Waals surface area contributed by atoms with E-state index in [1.807, 2.05) is 0 Å². The third kappa shape index (κ3) is 4.07. The summed E-state index contributed by atoms with van der Waals surface area (Å²) in [4.78, 5) is 35.8. The van der Waals surface area contributed by atoms with Gasteiger partial charge in [-0.15, -0.1) is 0 Å². The molecule has 0 spiro atoms. The highest BCUT2D eigenvalue weighted by atomic mass is 16.6. The summed E-state index contributed by atoms with van der Waals surface area (Å²) in [6, 6.07) is 17.6. The molecule has 0 aliphatic carbocycles. The van der Waals surface area contributed by atoms with Crippen LogP contribution in [0, 0.1) is 17.0 Å². The smallest absolute Gasteiger partial charge is 0.344 e. The molecule has 9 heteroatoms. The molecule has 5 aromatic rings. The van der Waals surface area contributed by atoms with Crippen molar-refractivity contribution in [1.82, 2.24) is 0 Å². The highest BCUT2D eigenvalue weighted by Gasteiger charge is 2.18. The molecule has 0 atom stereocenters. The summed E-state index contributed by atoms with van der Waals surface area (Å²) < 4.78 is 22.2. The van der Waals surface area contributed by atoms with Gasteiger partial charge in [0.25, 0.3) is 5.69 Å². The number of fused-ring (bicyclic) bond motifs is 2. The second-order valence-electron chi connectivity index (χ2n) is 8.08. The quantitative estimate of drug-likeness (QED) is 0.179. The Balaban J connectivity index is 1.56. The highest BCUT2D eigenvalue weighted by molar-refractivity contribution is 5.97. The van der Waals surface area contributed by atoms with Gasteiger partial charge < -0.3 is 18.3 Å². The van der Waals surface area contributed by atoms with Crippen molar-refractivity contribution in [3.63, 3.8) is 0 Å². The molecule has 0 N–H and O–H groups in total. The predicted molar refractivity (Wildman–Crippen MR) is 133 cm³/mol. The standard InChI is InChI=1S/C27H19NO8/c1-15-22(34-14-16-6-8-18(9-7-16)28(31)32)11-10-19-20(13-24(29)35-25(15)19)21-12-17-4-3-5-23(33-2)26(17)36-27(21)30/h3-13H,14H2,1-2H3. The SMILES string of the molecule is COc1cccc2cc(-c3cc(=O)oc4c(C)c(OCc5ccc([N+](=O)[O-])cc5)ccc34)c(=O)oc12. The number of non-ortho nitro benzene ring substituents is 1. The molecule has 36 heavy (non-hydrogen) atoms. The number of nitro benzene ring substituents is 1. The zero-order valence-electron chi connectivity index (χ0n) is 19.3. The van der Waals surface area contributed by atoms with E-state index >= 15 is 0 Å². The van der Waals surface area contributed by atoms with Gasteiger partial charge >= 0.3 is 11.3 Å². The molecule has 0 fully saturated rings. The van der Waals surface area contributed by atoms with Crippen molar-refractivity contribution in [3.05, 3.63) is 109 Å². The maximum atomic E-state index is 12.9. The minimum Gasteiger partial charge on any atom is -0.493 e. The molecule has 180 valence electrons. The van der Waals surface area contributed by atoms with Crippen LogP contribution in [0.1, 0.15) is 11.1 Å². The predicted octanol–water partition coefficient (Wildman–Crippen LogP) is 5.37. The van der Waals surface area contributed by atoms with E-state index in [9.17, 15) is 19.7 Å². The number of nitrogens with zero attached hydrogens (tertiary/aromatic N) is 1. The second-order valence-corrected chi connectivity index (χ2v) is 8.08. The molecule has 9 nitrogen and oxygen atoms in total. The number of nitro groups is 1. The van der Waals surface area contributed by atoms with E-state index in [-0.39, 0.29) is 23.4 Å². The maximum Gasteiger partial charge on any atom is 0.344 e. The van der Waals surface area contributed by atoms with Crippen molar-refractivity contribution in [1.29, 1.82) is 0 Å². The lowest BCUT2D eigenvalue weighted by atomic mass is 10.0. The third-order valence-electron chi connectivity index (χ3n) is 5.89. The van der Waals surface area contributed by atoms with E-state index < -0.39 is 16.2 Å². The first-order valence-corrected chi connectivity index (χ1v) is 10.9.